The van der Waals surface area contributed by atoms with Crippen molar-refractivity contribution in [1.29, 1.82) is 0 Å². The van der Waals surface area contributed by atoms with E-state index in [1.165, 1.54) is 23.7 Å². The summed E-state index contributed by atoms with van der Waals surface area (Å²) in [6, 6.07) is 0.491. The maximum Gasteiger partial charge on any atom is 0.202 e. The number of rotatable bonds is 5. The summed E-state index contributed by atoms with van der Waals surface area (Å²) in [6.45, 7) is 2.16. The van der Waals surface area contributed by atoms with Crippen molar-refractivity contribution < 1.29 is 0 Å². The van der Waals surface area contributed by atoms with Crippen LogP contribution in [0.5, 0.6) is 0 Å². The predicted molar refractivity (Wildman–Crippen MR) is 56.0 cm³/mol. The summed E-state index contributed by atoms with van der Waals surface area (Å²) in [6.07, 6.45) is 4.87. The highest BCUT2D eigenvalue weighted by atomic mass is 32.2. The van der Waals surface area contributed by atoms with Gasteiger partial charge in [0.1, 0.15) is 6.33 Å². The normalized spacial score (nSPS) is 12.8. The largest absolute Gasteiger partial charge is 0.358 e. The van der Waals surface area contributed by atoms with Crippen LogP contribution in [-0.2, 0) is 0 Å². The third-order valence-electron chi connectivity index (χ3n) is 1.49. The maximum absolute atomic E-state index is 4.05. The van der Waals surface area contributed by atoms with Crippen molar-refractivity contribution in [2.45, 2.75) is 19.4 Å². The third kappa shape index (κ3) is 3.40. The molecule has 0 saturated carbocycles. The van der Waals surface area contributed by atoms with Gasteiger partial charge in [0.25, 0.3) is 0 Å². The average molecular weight is 203 g/mol. The number of aromatic nitrogens is 2. The molecular weight excluding hydrogens is 190 g/mol. The molecule has 0 saturated heterocycles. The lowest BCUT2D eigenvalue weighted by Gasteiger charge is -2.10. The Hall–Kier alpha value is -0.290. The second-order valence-electron chi connectivity index (χ2n) is 2.57. The molecule has 1 rings (SSSR count). The summed E-state index contributed by atoms with van der Waals surface area (Å²) in [5.74, 6) is 1.19. The molecule has 1 heterocycles. The Labute approximate surface area is 81.1 Å². The van der Waals surface area contributed by atoms with Crippen LogP contribution in [0.4, 0.5) is 5.13 Å². The summed E-state index contributed by atoms with van der Waals surface area (Å²) >= 11 is 3.28. The lowest BCUT2D eigenvalue weighted by atomic mass is 10.3. The number of nitrogens with zero attached hydrogens (tertiary/aromatic N) is 2. The van der Waals surface area contributed by atoms with E-state index in [9.17, 15) is 0 Å². The molecule has 0 bridgehead atoms. The first kappa shape index (κ1) is 9.80. The summed E-state index contributed by atoms with van der Waals surface area (Å²) < 4.78 is 3.92. The van der Waals surface area contributed by atoms with E-state index in [0.717, 1.165) is 5.13 Å². The Balaban J connectivity index is 2.22. The molecule has 0 spiro atoms. The van der Waals surface area contributed by atoms with Crippen molar-refractivity contribution in [3.8, 4) is 0 Å². The minimum Gasteiger partial charge on any atom is -0.358 e. The van der Waals surface area contributed by atoms with Gasteiger partial charge in [-0.3, -0.25) is 0 Å². The fourth-order valence-electron chi connectivity index (χ4n) is 0.814. The number of nitrogens with one attached hydrogen (secondary N) is 1. The number of thioether (sulfide) groups is 1. The molecule has 1 aromatic heterocycles. The van der Waals surface area contributed by atoms with Crippen molar-refractivity contribution >= 4 is 28.4 Å². The first-order chi connectivity index (χ1) is 5.83. The zero-order chi connectivity index (χ0) is 8.81. The van der Waals surface area contributed by atoms with Gasteiger partial charge in [-0.05, 0) is 25.4 Å². The fraction of sp³-hybridized carbons (Fsp3) is 0.714. The topological polar surface area (TPSA) is 37.8 Å². The molecule has 0 aliphatic carbocycles. The molecule has 0 aliphatic rings. The SMILES string of the molecule is CSCCC(C)Nc1ncns1. The number of hydrogen-bond donors (Lipinski definition) is 1. The van der Waals surface area contributed by atoms with Crippen LogP contribution in [0.15, 0.2) is 6.33 Å². The van der Waals surface area contributed by atoms with Crippen LogP contribution in [0.2, 0.25) is 0 Å². The van der Waals surface area contributed by atoms with E-state index in [1.54, 1.807) is 6.33 Å². The summed E-state index contributed by atoms with van der Waals surface area (Å²) in [4.78, 5) is 4.05. The van der Waals surface area contributed by atoms with E-state index in [2.05, 4.69) is 27.9 Å². The van der Waals surface area contributed by atoms with E-state index in [1.807, 2.05) is 11.8 Å². The Morgan fingerprint density at radius 2 is 2.58 bits per heavy atom. The minimum atomic E-state index is 0.491. The van der Waals surface area contributed by atoms with Gasteiger partial charge < -0.3 is 5.32 Å². The molecule has 0 radical (unpaired) electrons. The van der Waals surface area contributed by atoms with Crippen molar-refractivity contribution in [3.63, 3.8) is 0 Å². The van der Waals surface area contributed by atoms with Gasteiger partial charge in [-0.15, -0.1) is 0 Å². The Morgan fingerprint density at radius 1 is 1.75 bits per heavy atom. The maximum atomic E-state index is 4.05. The minimum absolute atomic E-state index is 0.491. The predicted octanol–water partition coefficient (Wildman–Crippen LogP) is 2.09. The van der Waals surface area contributed by atoms with Crippen molar-refractivity contribution in [1.82, 2.24) is 9.36 Å². The molecule has 0 aliphatic heterocycles. The van der Waals surface area contributed by atoms with E-state index in [0.29, 0.717) is 6.04 Å². The van der Waals surface area contributed by atoms with Crippen LogP contribution in [-0.4, -0.2) is 27.4 Å². The zero-order valence-corrected chi connectivity index (χ0v) is 8.91. The van der Waals surface area contributed by atoms with Crippen LogP contribution in [0.3, 0.4) is 0 Å². The van der Waals surface area contributed by atoms with Crippen LogP contribution in [0, 0.1) is 0 Å². The van der Waals surface area contributed by atoms with Crippen LogP contribution in [0.25, 0.3) is 0 Å². The van der Waals surface area contributed by atoms with Gasteiger partial charge in [0.2, 0.25) is 5.13 Å². The highest BCUT2D eigenvalue weighted by Gasteiger charge is 2.02. The Morgan fingerprint density at radius 3 is 3.17 bits per heavy atom. The summed E-state index contributed by atoms with van der Waals surface area (Å²) in [5.41, 5.74) is 0. The van der Waals surface area contributed by atoms with Crippen molar-refractivity contribution in [3.05, 3.63) is 6.33 Å². The van der Waals surface area contributed by atoms with E-state index in [-0.39, 0.29) is 0 Å². The van der Waals surface area contributed by atoms with Crippen LogP contribution in [0.1, 0.15) is 13.3 Å². The molecule has 3 nitrogen and oxygen atoms in total. The molecule has 0 amide bonds. The van der Waals surface area contributed by atoms with Gasteiger partial charge >= 0.3 is 0 Å². The van der Waals surface area contributed by atoms with Gasteiger partial charge in [0, 0.05) is 17.6 Å². The zero-order valence-electron chi connectivity index (χ0n) is 7.28. The second kappa shape index (κ2) is 5.37. The molecule has 1 N–H and O–H groups in total. The molecule has 1 atom stereocenters. The fourth-order valence-corrected chi connectivity index (χ4v) is 1.95. The molecule has 68 valence electrons. The smallest absolute Gasteiger partial charge is 0.202 e. The molecule has 0 fully saturated rings. The molecular formula is C7H13N3S2. The van der Waals surface area contributed by atoms with E-state index in [4.69, 9.17) is 0 Å². The molecule has 1 aromatic rings. The van der Waals surface area contributed by atoms with Crippen molar-refractivity contribution in [2.75, 3.05) is 17.3 Å². The molecule has 1 unspecified atom stereocenters. The monoisotopic (exact) mass is 203 g/mol. The first-order valence-electron chi connectivity index (χ1n) is 3.85. The molecule has 12 heavy (non-hydrogen) atoms. The lowest BCUT2D eigenvalue weighted by molar-refractivity contribution is 0.771. The van der Waals surface area contributed by atoms with Gasteiger partial charge in [0.05, 0.1) is 0 Å². The van der Waals surface area contributed by atoms with Crippen molar-refractivity contribution in [2.24, 2.45) is 0 Å². The Bertz CT molecular complexity index is 200. The number of anilines is 1. The number of hydrogen-bond acceptors (Lipinski definition) is 5. The summed E-state index contributed by atoms with van der Waals surface area (Å²) in [5, 5.41) is 4.21. The average Bonchev–Trinajstić information content (AvgIpc) is 2.53. The quantitative estimate of drug-likeness (QED) is 0.795. The highest BCUT2D eigenvalue weighted by Crippen LogP contribution is 2.10. The van der Waals surface area contributed by atoms with Gasteiger partial charge in [-0.2, -0.15) is 16.1 Å². The van der Waals surface area contributed by atoms with Gasteiger partial charge in [0.15, 0.2) is 0 Å². The third-order valence-corrected chi connectivity index (χ3v) is 2.73. The molecule has 0 aromatic carbocycles. The van der Waals surface area contributed by atoms with Gasteiger partial charge in [-0.25, -0.2) is 4.98 Å². The summed E-state index contributed by atoms with van der Waals surface area (Å²) in [7, 11) is 0. The van der Waals surface area contributed by atoms with Crippen LogP contribution < -0.4 is 5.32 Å². The van der Waals surface area contributed by atoms with Crippen LogP contribution >= 0.6 is 23.3 Å². The van der Waals surface area contributed by atoms with E-state index < -0.39 is 0 Å². The lowest BCUT2D eigenvalue weighted by Crippen LogP contribution is -2.15. The van der Waals surface area contributed by atoms with E-state index >= 15 is 0 Å². The van der Waals surface area contributed by atoms with Gasteiger partial charge in [-0.1, -0.05) is 0 Å². The highest BCUT2D eigenvalue weighted by molar-refractivity contribution is 7.98. The molecule has 5 heteroatoms. The second-order valence-corrected chi connectivity index (χ2v) is 4.34. The standard InChI is InChI=1S/C7H13N3S2/c1-6(3-4-11-2)10-7-8-5-9-12-7/h5-6H,3-4H2,1-2H3,(H,8,9,10). The Kier molecular flexibility index (Phi) is 4.39. The first-order valence-corrected chi connectivity index (χ1v) is 6.02.